The molecule has 0 aliphatic carbocycles. The van der Waals surface area contributed by atoms with Crippen molar-refractivity contribution in [3.05, 3.63) is 58.1 Å². The Kier molecular flexibility index (Phi) is 4.78. The minimum absolute atomic E-state index is 0.166. The number of fused-ring (bicyclic) bond motifs is 2. The average molecular weight is 457 g/mol. The van der Waals surface area contributed by atoms with E-state index in [-0.39, 0.29) is 24.8 Å². The molecule has 3 aromatic rings. The number of likely N-dealkylation sites (tertiary alicyclic amines) is 1. The van der Waals surface area contributed by atoms with Gasteiger partial charge in [0.2, 0.25) is 5.91 Å². The maximum absolute atomic E-state index is 13.7. The van der Waals surface area contributed by atoms with Crippen LogP contribution in [0.5, 0.6) is 0 Å². The number of benzene rings is 2. The lowest BCUT2D eigenvalue weighted by Gasteiger charge is -2.39. The number of rotatable bonds is 3. The first-order valence-corrected chi connectivity index (χ1v) is 11.2. The van der Waals surface area contributed by atoms with Gasteiger partial charge in [0.1, 0.15) is 5.01 Å². The van der Waals surface area contributed by atoms with Gasteiger partial charge in [-0.25, -0.2) is 4.98 Å². The van der Waals surface area contributed by atoms with Gasteiger partial charge in [-0.15, -0.1) is 11.3 Å². The van der Waals surface area contributed by atoms with Gasteiger partial charge in [-0.2, -0.15) is 0 Å². The molecule has 1 fully saturated rings. The largest absolute Gasteiger partial charge is 0.392 e. The highest BCUT2D eigenvalue weighted by Crippen LogP contribution is 2.50. The van der Waals surface area contributed by atoms with Gasteiger partial charge in [0, 0.05) is 36.9 Å². The molecule has 2 aliphatic rings. The van der Waals surface area contributed by atoms with Gasteiger partial charge in [-0.1, -0.05) is 23.7 Å². The van der Waals surface area contributed by atoms with E-state index in [1.54, 1.807) is 37.2 Å². The number of carbonyl (C=O) groups is 2. The van der Waals surface area contributed by atoms with E-state index in [0.29, 0.717) is 21.3 Å². The van der Waals surface area contributed by atoms with Gasteiger partial charge in [0.05, 0.1) is 22.4 Å². The highest BCUT2D eigenvalue weighted by molar-refractivity contribution is 7.18. The number of carbonyl (C=O) groups excluding carboxylic acids is 2. The molecule has 3 heterocycles. The Hall–Kier alpha value is -2.52. The van der Waals surface area contributed by atoms with E-state index in [9.17, 15) is 14.7 Å². The fourth-order valence-corrected chi connectivity index (χ4v) is 5.98. The molecule has 1 aromatic heterocycles. The highest BCUT2D eigenvalue weighted by atomic mass is 35.5. The van der Waals surface area contributed by atoms with Crippen LogP contribution in [0, 0.1) is 0 Å². The lowest BCUT2D eigenvalue weighted by molar-refractivity contribution is -0.138. The number of aliphatic hydroxyl groups is 1. The van der Waals surface area contributed by atoms with Crippen LogP contribution in [0.25, 0.3) is 10.2 Å². The van der Waals surface area contributed by atoms with E-state index in [2.05, 4.69) is 5.32 Å². The molecule has 2 aromatic carbocycles. The van der Waals surface area contributed by atoms with Gasteiger partial charge >= 0.3 is 0 Å². The zero-order valence-electron chi connectivity index (χ0n) is 17.0. The molecule has 9 heteroatoms. The predicted molar refractivity (Wildman–Crippen MR) is 120 cm³/mol. The Morgan fingerprint density at radius 1 is 1.32 bits per heavy atom. The first-order valence-electron chi connectivity index (χ1n) is 9.96. The first-order chi connectivity index (χ1) is 14.8. The van der Waals surface area contributed by atoms with E-state index >= 15 is 0 Å². The quantitative estimate of drug-likeness (QED) is 0.633. The van der Waals surface area contributed by atoms with Gasteiger partial charge in [-0.05, 0) is 36.8 Å². The lowest BCUT2D eigenvalue weighted by Crippen LogP contribution is -2.57. The molecule has 160 valence electrons. The smallest absolute Gasteiger partial charge is 0.256 e. The van der Waals surface area contributed by atoms with Crippen LogP contribution in [-0.4, -0.2) is 64.5 Å². The lowest BCUT2D eigenvalue weighted by atomic mass is 9.88. The molecule has 2 aliphatic heterocycles. The Balaban J connectivity index is 1.80. The molecule has 2 N–H and O–H groups in total. The number of β-amino-alcohol motifs (C(OH)–C–C–N with tert-alkyl or cyclic N) is 1. The topological polar surface area (TPSA) is 85.8 Å². The zero-order valence-corrected chi connectivity index (χ0v) is 18.6. The third kappa shape index (κ3) is 2.97. The summed E-state index contributed by atoms with van der Waals surface area (Å²) in [7, 11) is 3.35. The molecular weight excluding hydrogens is 436 g/mol. The van der Waals surface area contributed by atoms with Crippen molar-refractivity contribution in [1.29, 1.82) is 0 Å². The predicted octanol–water partition coefficient (Wildman–Crippen LogP) is 2.67. The molecule has 1 saturated heterocycles. The molecule has 0 bridgehead atoms. The number of anilines is 1. The zero-order chi connectivity index (χ0) is 21.9. The summed E-state index contributed by atoms with van der Waals surface area (Å²) in [5.74, 6) is -0.463. The van der Waals surface area contributed by atoms with Gasteiger partial charge in [0.15, 0.2) is 5.54 Å². The molecule has 7 nitrogen and oxygen atoms in total. The van der Waals surface area contributed by atoms with Crippen molar-refractivity contribution in [2.45, 2.75) is 24.1 Å². The summed E-state index contributed by atoms with van der Waals surface area (Å²) in [6.45, 7) is 0.166. The Labute approximate surface area is 188 Å². The molecule has 0 spiro atoms. The third-order valence-electron chi connectivity index (χ3n) is 5.99. The van der Waals surface area contributed by atoms with Crippen LogP contribution < -0.4 is 5.32 Å². The molecule has 0 saturated carbocycles. The maximum Gasteiger partial charge on any atom is 0.256 e. The van der Waals surface area contributed by atoms with Crippen LogP contribution >= 0.6 is 22.9 Å². The molecule has 2 amide bonds. The number of halogens is 1. The van der Waals surface area contributed by atoms with Gasteiger partial charge < -0.3 is 15.3 Å². The summed E-state index contributed by atoms with van der Waals surface area (Å²) in [6, 6.07) is 12.2. The summed E-state index contributed by atoms with van der Waals surface area (Å²) in [5.41, 5.74) is 0.693. The van der Waals surface area contributed by atoms with Crippen LogP contribution in [0.15, 0.2) is 42.5 Å². The van der Waals surface area contributed by atoms with Crippen LogP contribution in [0.3, 0.4) is 0 Å². The van der Waals surface area contributed by atoms with Crippen molar-refractivity contribution < 1.29 is 14.7 Å². The molecule has 5 rings (SSSR count). The Morgan fingerprint density at radius 2 is 2.10 bits per heavy atom. The van der Waals surface area contributed by atoms with Crippen LogP contribution in [0.4, 0.5) is 5.69 Å². The molecule has 31 heavy (non-hydrogen) atoms. The summed E-state index contributed by atoms with van der Waals surface area (Å²) in [6.07, 6.45) is -0.497. The highest BCUT2D eigenvalue weighted by Gasteiger charge is 2.60. The number of aromatic nitrogens is 1. The third-order valence-corrected chi connectivity index (χ3v) is 7.37. The second kappa shape index (κ2) is 7.27. The van der Waals surface area contributed by atoms with Crippen molar-refractivity contribution >= 4 is 50.7 Å². The molecular formula is C22H21ClN4O3S. The number of aliphatic hydroxyl groups excluding tert-OH is 1. The molecule has 0 radical (unpaired) electrons. The van der Waals surface area contributed by atoms with Crippen molar-refractivity contribution in [2.75, 3.05) is 26.0 Å². The van der Waals surface area contributed by atoms with Gasteiger partial charge in [-0.3, -0.25) is 14.5 Å². The summed E-state index contributed by atoms with van der Waals surface area (Å²) in [5, 5.41) is 14.6. The van der Waals surface area contributed by atoms with E-state index in [4.69, 9.17) is 16.6 Å². The van der Waals surface area contributed by atoms with E-state index in [0.717, 1.165) is 10.2 Å². The number of hydrogen-bond donors (Lipinski definition) is 2. The normalized spacial score (nSPS) is 25.6. The number of likely N-dealkylation sites (N-methyl/N-ethyl adjacent to an activating group) is 1. The Morgan fingerprint density at radius 3 is 2.84 bits per heavy atom. The number of hydrogen-bond acceptors (Lipinski definition) is 6. The molecule has 3 atom stereocenters. The second-order valence-electron chi connectivity index (χ2n) is 8.13. The number of nitrogens with zero attached hydrogens (tertiary/aromatic N) is 3. The molecule has 1 unspecified atom stereocenters. The summed E-state index contributed by atoms with van der Waals surface area (Å²) < 4.78 is 0.940. The first kappa shape index (κ1) is 20.4. The fraction of sp³-hybridized carbons (Fsp3) is 0.318. The van der Waals surface area contributed by atoms with E-state index in [1.807, 2.05) is 24.3 Å². The second-order valence-corrected chi connectivity index (χ2v) is 9.60. The van der Waals surface area contributed by atoms with Gasteiger partial charge in [0.25, 0.3) is 5.91 Å². The fourth-order valence-electron chi connectivity index (χ4n) is 4.62. The summed E-state index contributed by atoms with van der Waals surface area (Å²) >= 11 is 7.76. The monoisotopic (exact) mass is 456 g/mol. The SMILES string of the molecule is CN(C)C(=O)[C@@H]1C[C@@H](O)CN1C1(c2nc3ccccc3s2)C(=O)Nc2ccc(Cl)cc21. The number of amides is 2. The van der Waals surface area contributed by atoms with Crippen LogP contribution in [0.2, 0.25) is 5.02 Å². The number of nitrogens with one attached hydrogen (secondary N) is 1. The minimum atomic E-state index is -1.36. The van der Waals surface area contributed by atoms with Crippen LogP contribution in [0.1, 0.15) is 17.0 Å². The van der Waals surface area contributed by atoms with E-state index < -0.39 is 17.7 Å². The standard InChI is InChI=1S/C22H21ClN4O3S/c1-26(2)19(29)17-10-13(28)11-27(17)22(21-25-16-5-3-4-6-18(16)31-21)14-9-12(23)7-8-15(14)24-20(22)30/h3-9,13,17,28H,10-11H2,1-2H3,(H,24,30)/t13-,17+,22?/m1/s1. The number of para-hydroxylation sites is 1. The Bertz CT molecular complexity index is 1180. The van der Waals surface area contributed by atoms with Crippen molar-refractivity contribution in [3.63, 3.8) is 0 Å². The maximum atomic E-state index is 13.7. The number of thiazole rings is 1. The van der Waals surface area contributed by atoms with Crippen molar-refractivity contribution in [1.82, 2.24) is 14.8 Å². The van der Waals surface area contributed by atoms with E-state index in [1.165, 1.54) is 16.2 Å². The van der Waals surface area contributed by atoms with Crippen LogP contribution in [-0.2, 0) is 15.1 Å². The average Bonchev–Trinajstić information content (AvgIpc) is 3.40. The van der Waals surface area contributed by atoms with Crippen molar-refractivity contribution in [2.24, 2.45) is 0 Å². The summed E-state index contributed by atoms with van der Waals surface area (Å²) in [4.78, 5) is 34.9. The van der Waals surface area contributed by atoms with Crippen molar-refractivity contribution in [3.8, 4) is 0 Å². The minimum Gasteiger partial charge on any atom is -0.392 e.